The first kappa shape index (κ1) is 16.3. The second kappa shape index (κ2) is 7.29. The van der Waals surface area contributed by atoms with E-state index in [0.29, 0.717) is 0 Å². The summed E-state index contributed by atoms with van der Waals surface area (Å²) in [6.45, 7) is 12.3. The van der Waals surface area contributed by atoms with Crippen LogP contribution >= 0.6 is 0 Å². The van der Waals surface area contributed by atoms with E-state index in [1.165, 1.54) is 58.0 Å². The number of hydrogen-bond donors (Lipinski definition) is 0. The maximum Gasteiger partial charge on any atom is 0.00927 e. The molecule has 1 saturated heterocycles. The highest BCUT2D eigenvalue weighted by molar-refractivity contribution is 4.97. The van der Waals surface area contributed by atoms with E-state index >= 15 is 0 Å². The van der Waals surface area contributed by atoms with E-state index in [1.807, 2.05) is 0 Å². The van der Waals surface area contributed by atoms with Gasteiger partial charge >= 0.3 is 0 Å². The van der Waals surface area contributed by atoms with E-state index in [1.54, 1.807) is 12.8 Å². The van der Waals surface area contributed by atoms with Crippen molar-refractivity contribution in [3.05, 3.63) is 0 Å². The SMILES string of the molecule is CCC(C)CCC(CC)N1CCC2(CC1)CC(CC)C2. The van der Waals surface area contributed by atoms with Crippen LogP contribution in [-0.4, -0.2) is 24.0 Å². The largest absolute Gasteiger partial charge is 0.300 e. The van der Waals surface area contributed by atoms with Gasteiger partial charge in [0.1, 0.15) is 0 Å². The standard InChI is InChI=1S/C19H37N/c1-5-16(4)8-9-18(7-3)20-12-10-19(11-13-20)14-17(6-2)15-19/h16-18H,5-15H2,1-4H3. The van der Waals surface area contributed by atoms with Gasteiger partial charge in [0.15, 0.2) is 0 Å². The van der Waals surface area contributed by atoms with Crippen molar-refractivity contribution in [2.24, 2.45) is 17.3 Å². The molecule has 1 saturated carbocycles. The second-order valence-electron chi connectivity index (χ2n) is 7.87. The molecule has 2 unspecified atom stereocenters. The van der Waals surface area contributed by atoms with E-state index < -0.39 is 0 Å². The lowest BCUT2D eigenvalue weighted by atomic mass is 9.57. The van der Waals surface area contributed by atoms with Crippen molar-refractivity contribution in [2.75, 3.05) is 13.1 Å². The number of rotatable bonds is 7. The van der Waals surface area contributed by atoms with Gasteiger partial charge in [0.2, 0.25) is 0 Å². The number of hydrogen-bond acceptors (Lipinski definition) is 1. The van der Waals surface area contributed by atoms with Crippen molar-refractivity contribution in [1.29, 1.82) is 0 Å². The van der Waals surface area contributed by atoms with Crippen LogP contribution in [0.3, 0.4) is 0 Å². The summed E-state index contributed by atoms with van der Waals surface area (Å²) in [4.78, 5) is 2.83. The third kappa shape index (κ3) is 3.78. The molecule has 1 heterocycles. The molecule has 1 spiro atoms. The van der Waals surface area contributed by atoms with Gasteiger partial charge in [0, 0.05) is 6.04 Å². The molecule has 1 aliphatic carbocycles. The topological polar surface area (TPSA) is 3.24 Å². The minimum atomic E-state index is 0.784. The summed E-state index contributed by atoms with van der Waals surface area (Å²) in [6, 6.07) is 0.864. The monoisotopic (exact) mass is 279 g/mol. The Hall–Kier alpha value is -0.0400. The summed E-state index contributed by atoms with van der Waals surface area (Å²) in [7, 11) is 0. The van der Waals surface area contributed by atoms with Gasteiger partial charge in [-0.25, -0.2) is 0 Å². The minimum Gasteiger partial charge on any atom is -0.300 e. The fraction of sp³-hybridized carbons (Fsp3) is 1.00. The molecule has 0 N–H and O–H groups in total. The van der Waals surface area contributed by atoms with Gasteiger partial charge in [-0.3, -0.25) is 0 Å². The van der Waals surface area contributed by atoms with Gasteiger partial charge in [0.25, 0.3) is 0 Å². The van der Waals surface area contributed by atoms with Gasteiger partial charge in [-0.05, 0) is 75.3 Å². The smallest absolute Gasteiger partial charge is 0.00927 e. The predicted molar refractivity (Wildman–Crippen MR) is 89.0 cm³/mol. The number of likely N-dealkylation sites (tertiary alicyclic amines) is 1. The van der Waals surface area contributed by atoms with Crippen LogP contribution in [0.4, 0.5) is 0 Å². The normalized spacial score (nSPS) is 26.4. The maximum atomic E-state index is 2.83. The molecule has 0 aromatic heterocycles. The molecule has 118 valence electrons. The van der Waals surface area contributed by atoms with Gasteiger partial charge in [-0.15, -0.1) is 0 Å². The van der Waals surface area contributed by atoms with Crippen molar-refractivity contribution in [3.8, 4) is 0 Å². The average Bonchev–Trinajstić information content (AvgIpc) is 2.45. The van der Waals surface area contributed by atoms with Crippen molar-refractivity contribution >= 4 is 0 Å². The highest BCUT2D eigenvalue weighted by Crippen LogP contribution is 2.53. The molecular formula is C19H37N. The Balaban J connectivity index is 1.74. The third-order valence-electron chi connectivity index (χ3n) is 6.56. The molecule has 0 aromatic carbocycles. The zero-order chi connectivity index (χ0) is 14.6. The molecule has 1 heteroatoms. The van der Waals surface area contributed by atoms with Crippen LogP contribution in [0.5, 0.6) is 0 Å². The minimum absolute atomic E-state index is 0.784. The zero-order valence-corrected chi connectivity index (χ0v) is 14.5. The summed E-state index contributed by atoms with van der Waals surface area (Å²) in [5.41, 5.74) is 0.784. The van der Waals surface area contributed by atoms with Gasteiger partial charge in [0.05, 0.1) is 0 Å². The molecular weight excluding hydrogens is 242 g/mol. The van der Waals surface area contributed by atoms with E-state index in [-0.39, 0.29) is 0 Å². The Morgan fingerprint density at radius 1 is 1.00 bits per heavy atom. The molecule has 0 aromatic rings. The van der Waals surface area contributed by atoms with E-state index in [0.717, 1.165) is 23.3 Å². The van der Waals surface area contributed by atoms with Crippen LogP contribution in [-0.2, 0) is 0 Å². The lowest BCUT2D eigenvalue weighted by Gasteiger charge is -2.53. The average molecular weight is 280 g/mol. The van der Waals surface area contributed by atoms with Crippen molar-refractivity contribution in [3.63, 3.8) is 0 Å². The van der Waals surface area contributed by atoms with E-state index in [2.05, 4.69) is 32.6 Å². The highest BCUT2D eigenvalue weighted by Gasteiger charge is 2.45. The Morgan fingerprint density at radius 2 is 1.65 bits per heavy atom. The quantitative estimate of drug-likeness (QED) is 0.595. The predicted octanol–water partition coefficient (Wildman–Crippen LogP) is 5.49. The van der Waals surface area contributed by atoms with Crippen LogP contribution in [0.2, 0.25) is 0 Å². The summed E-state index contributed by atoms with van der Waals surface area (Å²) in [5.74, 6) is 1.98. The van der Waals surface area contributed by atoms with Crippen LogP contribution in [0, 0.1) is 17.3 Å². The molecule has 0 bridgehead atoms. The first-order valence-corrected chi connectivity index (χ1v) is 9.36. The van der Waals surface area contributed by atoms with Crippen molar-refractivity contribution < 1.29 is 0 Å². The van der Waals surface area contributed by atoms with Gasteiger partial charge < -0.3 is 4.90 Å². The molecule has 0 amide bonds. The van der Waals surface area contributed by atoms with Gasteiger partial charge in [-0.2, -0.15) is 0 Å². The molecule has 2 aliphatic rings. The molecule has 2 fully saturated rings. The van der Waals surface area contributed by atoms with Crippen molar-refractivity contribution in [2.45, 2.75) is 91.5 Å². The van der Waals surface area contributed by atoms with Crippen LogP contribution in [0.1, 0.15) is 85.5 Å². The molecule has 2 rings (SSSR count). The Bertz CT molecular complexity index is 269. The fourth-order valence-corrected chi connectivity index (χ4v) is 4.55. The fourth-order valence-electron chi connectivity index (χ4n) is 4.55. The Kier molecular flexibility index (Phi) is 5.95. The molecule has 0 radical (unpaired) electrons. The molecule has 2 atom stereocenters. The van der Waals surface area contributed by atoms with Crippen LogP contribution < -0.4 is 0 Å². The molecule has 1 aliphatic heterocycles. The Morgan fingerprint density at radius 3 is 2.15 bits per heavy atom. The lowest BCUT2D eigenvalue weighted by molar-refractivity contribution is -0.0270. The lowest BCUT2D eigenvalue weighted by Crippen LogP contribution is -2.49. The van der Waals surface area contributed by atoms with Gasteiger partial charge in [-0.1, -0.05) is 40.5 Å². The third-order valence-corrected chi connectivity index (χ3v) is 6.56. The first-order valence-electron chi connectivity index (χ1n) is 9.36. The first-order chi connectivity index (χ1) is 9.62. The number of piperidine rings is 1. The van der Waals surface area contributed by atoms with Crippen LogP contribution in [0.25, 0.3) is 0 Å². The summed E-state index contributed by atoms with van der Waals surface area (Å²) >= 11 is 0. The summed E-state index contributed by atoms with van der Waals surface area (Å²) < 4.78 is 0. The number of nitrogens with zero attached hydrogens (tertiary/aromatic N) is 1. The maximum absolute atomic E-state index is 2.83. The van der Waals surface area contributed by atoms with E-state index in [4.69, 9.17) is 0 Å². The summed E-state index contributed by atoms with van der Waals surface area (Å²) in [5, 5.41) is 0. The Labute approximate surface area is 127 Å². The summed E-state index contributed by atoms with van der Waals surface area (Å²) in [6.07, 6.45) is 13.0. The zero-order valence-electron chi connectivity index (χ0n) is 14.5. The van der Waals surface area contributed by atoms with Crippen LogP contribution in [0.15, 0.2) is 0 Å². The van der Waals surface area contributed by atoms with E-state index in [9.17, 15) is 0 Å². The highest BCUT2D eigenvalue weighted by atomic mass is 15.2. The van der Waals surface area contributed by atoms with Crippen molar-refractivity contribution in [1.82, 2.24) is 4.90 Å². The molecule has 1 nitrogen and oxygen atoms in total. The molecule has 20 heavy (non-hydrogen) atoms. The second-order valence-corrected chi connectivity index (χ2v) is 7.87.